The molecule has 4 rings (SSSR count). The van der Waals surface area contributed by atoms with Crippen LogP contribution in [0.4, 0.5) is 16.9 Å². The molecule has 0 N–H and O–H groups in total. The molecule has 0 amide bonds. The third kappa shape index (κ3) is 2.72. The van der Waals surface area contributed by atoms with Crippen LogP contribution in [-0.2, 0) is 0 Å². The summed E-state index contributed by atoms with van der Waals surface area (Å²) in [7, 11) is 0. The summed E-state index contributed by atoms with van der Waals surface area (Å²) in [6.45, 7) is 6.09. The van der Waals surface area contributed by atoms with Gasteiger partial charge >= 0.3 is 0 Å². The van der Waals surface area contributed by atoms with Crippen molar-refractivity contribution in [2.24, 2.45) is 0 Å². The monoisotopic (exact) mass is 316 g/mol. The summed E-state index contributed by atoms with van der Waals surface area (Å²) in [6.07, 6.45) is 6.30. The summed E-state index contributed by atoms with van der Waals surface area (Å²) < 4.78 is 0. The number of hydrogen-bond donors (Lipinski definition) is 0. The van der Waals surface area contributed by atoms with E-state index in [1.165, 1.54) is 12.8 Å². The Morgan fingerprint density at radius 1 is 0.818 bits per heavy atom. The minimum atomic E-state index is 0.864. The van der Waals surface area contributed by atoms with Crippen LogP contribution >= 0.6 is 11.3 Å². The Kier molecular flexibility index (Phi) is 3.80. The van der Waals surface area contributed by atoms with Gasteiger partial charge < -0.3 is 14.7 Å². The van der Waals surface area contributed by atoms with Gasteiger partial charge in [-0.15, -0.1) is 11.3 Å². The largest absolute Gasteiger partial charge is 0.356 e. The Labute approximate surface area is 134 Å². The van der Waals surface area contributed by atoms with Gasteiger partial charge in [0.1, 0.15) is 5.82 Å². The standard InChI is InChI=1S/C15H20N6S/c1-2-7-19(6-1)13-3-4-16-14(18-13)20-8-10-21(11-9-20)15-17-5-12-22-15/h3-5,12H,1-2,6-11H2. The van der Waals surface area contributed by atoms with Crippen molar-refractivity contribution in [3.05, 3.63) is 23.8 Å². The highest BCUT2D eigenvalue weighted by atomic mass is 32.1. The molecule has 2 aromatic rings. The van der Waals surface area contributed by atoms with Gasteiger partial charge in [0.05, 0.1) is 0 Å². The second-order valence-corrected chi connectivity index (χ2v) is 6.57. The zero-order chi connectivity index (χ0) is 14.8. The smallest absolute Gasteiger partial charge is 0.227 e. The van der Waals surface area contributed by atoms with Gasteiger partial charge in [-0.25, -0.2) is 9.97 Å². The Balaban J connectivity index is 1.43. The van der Waals surface area contributed by atoms with E-state index in [0.29, 0.717) is 0 Å². The molecule has 7 heteroatoms. The molecule has 6 nitrogen and oxygen atoms in total. The van der Waals surface area contributed by atoms with E-state index >= 15 is 0 Å². The zero-order valence-electron chi connectivity index (χ0n) is 12.6. The SMILES string of the molecule is c1cc(N2CCCC2)nc(N2CCN(c3nccs3)CC2)n1. The van der Waals surface area contributed by atoms with Crippen molar-refractivity contribution >= 4 is 28.2 Å². The van der Waals surface area contributed by atoms with E-state index in [9.17, 15) is 0 Å². The van der Waals surface area contributed by atoms with Crippen LogP contribution in [0.15, 0.2) is 23.8 Å². The van der Waals surface area contributed by atoms with Gasteiger partial charge in [-0.2, -0.15) is 4.98 Å². The van der Waals surface area contributed by atoms with Crippen molar-refractivity contribution in [3.8, 4) is 0 Å². The van der Waals surface area contributed by atoms with Crippen LogP contribution in [0.2, 0.25) is 0 Å². The van der Waals surface area contributed by atoms with Crippen molar-refractivity contribution in [2.75, 3.05) is 54.0 Å². The molecule has 116 valence electrons. The van der Waals surface area contributed by atoms with Crippen molar-refractivity contribution in [2.45, 2.75) is 12.8 Å². The number of thiazole rings is 1. The summed E-state index contributed by atoms with van der Waals surface area (Å²) in [5, 5.41) is 3.15. The first-order chi connectivity index (χ1) is 10.9. The maximum absolute atomic E-state index is 4.78. The van der Waals surface area contributed by atoms with Gasteiger partial charge in [-0.05, 0) is 18.9 Å². The predicted octanol–water partition coefficient (Wildman–Crippen LogP) is 1.86. The minimum absolute atomic E-state index is 0.864. The van der Waals surface area contributed by atoms with Crippen molar-refractivity contribution in [3.63, 3.8) is 0 Å². The first-order valence-corrected chi connectivity index (χ1v) is 8.75. The Morgan fingerprint density at radius 3 is 2.32 bits per heavy atom. The third-order valence-electron chi connectivity index (χ3n) is 4.31. The molecule has 0 atom stereocenters. The Hall–Kier alpha value is -1.89. The fourth-order valence-electron chi connectivity index (χ4n) is 3.08. The molecule has 0 bridgehead atoms. The average molecular weight is 316 g/mol. The molecule has 0 aromatic carbocycles. The molecule has 2 fully saturated rings. The molecule has 0 aliphatic carbocycles. The lowest BCUT2D eigenvalue weighted by atomic mass is 10.3. The third-order valence-corrected chi connectivity index (χ3v) is 5.14. The first-order valence-electron chi connectivity index (χ1n) is 7.87. The van der Waals surface area contributed by atoms with Gasteiger partial charge in [0.2, 0.25) is 5.95 Å². The van der Waals surface area contributed by atoms with Crippen molar-refractivity contribution in [1.29, 1.82) is 0 Å². The number of rotatable bonds is 3. The van der Waals surface area contributed by atoms with E-state index in [2.05, 4.69) is 24.7 Å². The Morgan fingerprint density at radius 2 is 1.59 bits per heavy atom. The van der Waals surface area contributed by atoms with Crippen molar-refractivity contribution < 1.29 is 0 Å². The fraction of sp³-hybridized carbons (Fsp3) is 0.533. The van der Waals surface area contributed by atoms with Crippen LogP contribution in [0, 0.1) is 0 Å². The highest BCUT2D eigenvalue weighted by Crippen LogP contribution is 2.22. The quantitative estimate of drug-likeness (QED) is 0.861. The van der Waals surface area contributed by atoms with Gasteiger partial charge in [-0.1, -0.05) is 0 Å². The van der Waals surface area contributed by atoms with Gasteiger partial charge in [0.25, 0.3) is 0 Å². The van der Waals surface area contributed by atoms with Crippen LogP contribution in [0.5, 0.6) is 0 Å². The molecule has 2 saturated heterocycles. The van der Waals surface area contributed by atoms with E-state index in [0.717, 1.165) is 56.2 Å². The molecule has 0 radical (unpaired) electrons. The molecular formula is C15H20N6S. The van der Waals surface area contributed by atoms with Gasteiger partial charge in [0.15, 0.2) is 5.13 Å². The first kappa shape index (κ1) is 13.8. The molecule has 0 spiro atoms. The summed E-state index contributed by atoms with van der Waals surface area (Å²) in [5.74, 6) is 1.94. The normalized spacial score (nSPS) is 19.0. The van der Waals surface area contributed by atoms with Crippen LogP contribution < -0.4 is 14.7 Å². The van der Waals surface area contributed by atoms with Crippen LogP contribution in [0.25, 0.3) is 0 Å². The Bertz CT molecular complexity index is 602. The number of hydrogen-bond acceptors (Lipinski definition) is 7. The molecule has 0 unspecified atom stereocenters. The minimum Gasteiger partial charge on any atom is -0.356 e. The summed E-state index contributed by atoms with van der Waals surface area (Å²) in [6, 6.07) is 2.03. The average Bonchev–Trinajstić information content (AvgIpc) is 3.29. The lowest BCUT2D eigenvalue weighted by molar-refractivity contribution is 0.638. The molecule has 2 aliphatic heterocycles. The van der Waals surface area contributed by atoms with E-state index in [-0.39, 0.29) is 0 Å². The van der Waals surface area contributed by atoms with Gasteiger partial charge in [-0.3, -0.25) is 0 Å². The molecule has 22 heavy (non-hydrogen) atoms. The van der Waals surface area contributed by atoms with Crippen LogP contribution in [0.3, 0.4) is 0 Å². The highest BCUT2D eigenvalue weighted by molar-refractivity contribution is 7.13. The molecule has 0 saturated carbocycles. The second kappa shape index (κ2) is 6.08. The van der Waals surface area contributed by atoms with E-state index in [1.54, 1.807) is 11.3 Å². The molecule has 2 aliphatic rings. The van der Waals surface area contributed by atoms with E-state index in [4.69, 9.17) is 4.98 Å². The number of anilines is 3. The fourth-order valence-corrected chi connectivity index (χ4v) is 3.78. The van der Waals surface area contributed by atoms with E-state index in [1.807, 2.05) is 23.8 Å². The lowest BCUT2D eigenvalue weighted by Crippen LogP contribution is -2.47. The molecular weight excluding hydrogens is 296 g/mol. The van der Waals surface area contributed by atoms with Crippen molar-refractivity contribution in [1.82, 2.24) is 15.0 Å². The maximum Gasteiger partial charge on any atom is 0.227 e. The van der Waals surface area contributed by atoms with Crippen LogP contribution in [0.1, 0.15) is 12.8 Å². The number of nitrogens with zero attached hydrogens (tertiary/aromatic N) is 6. The van der Waals surface area contributed by atoms with Gasteiger partial charge in [0, 0.05) is 57.0 Å². The molecule has 2 aromatic heterocycles. The zero-order valence-corrected chi connectivity index (χ0v) is 13.4. The summed E-state index contributed by atoms with van der Waals surface area (Å²) in [5.41, 5.74) is 0. The van der Waals surface area contributed by atoms with E-state index < -0.39 is 0 Å². The summed E-state index contributed by atoms with van der Waals surface area (Å²) >= 11 is 1.70. The number of piperazine rings is 1. The predicted molar refractivity (Wildman–Crippen MR) is 90.0 cm³/mol. The van der Waals surface area contributed by atoms with Crippen LogP contribution in [-0.4, -0.2) is 54.2 Å². The highest BCUT2D eigenvalue weighted by Gasteiger charge is 2.21. The summed E-state index contributed by atoms with van der Waals surface area (Å²) in [4.78, 5) is 20.6. The second-order valence-electron chi connectivity index (χ2n) is 5.70. The molecule has 4 heterocycles. The number of aromatic nitrogens is 3. The maximum atomic E-state index is 4.78. The topological polar surface area (TPSA) is 48.4 Å². The lowest BCUT2D eigenvalue weighted by Gasteiger charge is -2.34.